The molecule has 0 radical (unpaired) electrons. The number of fused-ring (bicyclic) bond motifs is 1. The van der Waals surface area contributed by atoms with Crippen LogP contribution in [0.3, 0.4) is 0 Å². The van der Waals surface area contributed by atoms with Crippen LogP contribution in [-0.4, -0.2) is 25.5 Å². The third-order valence-corrected chi connectivity index (χ3v) is 4.94. The molecule has 1 aliphatic rings. The van der Waals surface area contributed by atoms with Crippen LogP contribution in [0, 0.1) is 0 Å². The number of benzene rings is 2. The lowest BCUT2D eigenvalue weighted by Gasteiger charge is -2.09. The summed E-state index contributed by atoms with van der Waals surface area (Å²) in [6.45, 7) is 1.24. The van der Waals surface area contributed by atoms with Crippen molar-refractivity contribution >= 4 is 52.1 Å². The van der Waals surface area contributed by atoms with E-state index < -0.39 is 0 Å². The van der Waals surface area contributed by atoms with Crippen molar-refractivity contribution in [3.05, 3.63) is 68.1 Å². The number of oxime groups is 1. The van der Waals surface area contributed by atoms with Crippen LogP contribution >= 0.6 is 46.4 Å². The molecule has 0 aromatic heterocycles. The molecule has 0 fully saturated rings. The highest BCUT2D eigenvalue weighted by molar-refractivity contribution is 6.55. The summed E-state index contributed by atoms with van der Waals surface area (Å²) in [5.41, 5.74) is 3.09. The van der Waals surface area contributed by atoms with Crippen LogP contribution in [-0.2, 0) is 11.3 Å². The van der Waals surface area contributed by atoms with E-state index in [4.69, 9.17) is 60.7 Å². The number of ether oxygens (including phenoxy) is 2. The summed E-state index contributed by atoms with van der Waals surface area (Å²) < 4.78 is 11.6. The Balaban J connectivity index is 1.47. The molecule has 0 aliphatic heterocycles. The highest BCUT2D eigenvalue weighted by Gasteiger charge is 2.21. The maximum absolute atomic E-state index is 5.95. The highest BCUT2D eigenvalue weighted by atomic mass is 35.5. The Kier molecular flexibility index (Phi) is 8.37. The summed E-state index contributed by atoms with van der Waals surface area (Å²) >= 11 is 23.1. The molecule has 0 amide bonds. The number of halogens is 4. The van der Waals surface area contributed by atoms with Crippen molar-refractivity contribution < 1.29 is 14.3 Å². The first kappa shape index (κ1) is 22.1. The predicted molar refractivity (Wildman–Crippen MR) is 119 cm³/mol. The van der Waals surface area contributed by atoms with E-state index in [1.54, 1.807) is 24.3 Å². The normalized spacial score (nSPS) is 13.9. The van der Waals surface area contributed by atoms with E-state index in [1.165, 1.54) is 0 Å². The fraction of sp³-hybridized carbons (Fsp3) is 0.286. The van der Waals surface area contributed by atoms with Gasteiger partial charge in [0.1, 0.15) is 29.2 Å². The molecule has 0 unspecified atom stereocenters. The van der Waals surface area contributed by atoms with Gasteiger partial charge in [0.2, 0.25) is 0 Å². The summed E-state index contributed by atoms with van der Waals surface area (Å²) in [7, 11) is 0. The summed E-state index contributed by atoms with van der Waals surface area (Å²) in [6, 6.07) is 11.0. The van der Waals surface area contributed by atoms with Gasteiger partial charge in [0, 0.05) is 27.6 Å². The first-order valence-corrected chi connectivity index (χ1v) is 10.6. The quantitative estimate of drug-likeness (QED) is 0.295. The van der Waals surface area contributed by atoms with Crippen molar-refractivity contribution in [1.82, 2.24) is 0 Å². The Morgan fingerprint density at radius 1 is 1.00 bits per heavy atom. The van der Waals surface area contributed by atoms with E-state index in [1.807, 2.05) is 18.2 Å². The van der Waals surface area contributed by atoms with Crippen molar-refractivity contribution in [1.29, 1.82) is 0 Å². The Labute approximate surface area is 189 Å². The monoisotopic (exact) mass is 473 g/mol. The molecule has 8 heteroatoms. The molecule has 154 valence electrons. The average molecular weight is 475 g/mol. The minimum absolute atomic E-state index is 0.190. The van der Waals surface area contributed by atoms with E-state index in [9.17, 15) is 0 Å². The van der Waals surface area contributed by atoms with Crippen LogP contribution < -0.4 is 9.47 Å². The standard InChI is InChI=1S/C21H19Cl4NO3/c22-14-11-15(23)13-16(12-14)27-8-2-9-29-26-19-6-5-18-17(19)3-1-4-20(18)28-10-7-21(24)25/h1,3-4,7,11-13H,2,5-6,8-10H2/b26-19+. The lowest BCUT2D eigenvalue weighted by molar-refractivity contribution is 0.127. The van der Waals surface area contributed by atoms with Gasteiger partial charge in [-0.15, -0.1) is 0 Å². The van der Waals surface area contributed by atoms with Crippen LogP contribution in [0.5, 0.6) is 11.5 Å². The molecule has 29 heavy (non-hydrogen) atoms. The molecule has 4 nitrogen and oxygen atoms in total. The van der Waals surface area contributed by atoms with E-state index in [-0.39, 0.29) is 4.49 Å². The minimum Gasteiger partial charge on any atom is -0.493 e. The van der Waals surface area contributed by atoms with Gasteiger partial charge in [-0.1, -0.05) is 63.7 Å². The maximum Gasteiger partial charge on any atom is 0.123 e. The fourth-order valence-corrected chi connectivity index (χ4v) is 3.58. The van der Waals surface area contributed by atoms with E-state index in [2.05, 4.69) is 5.16 Å². The van der Waals surface area contributed by atoms with Crippen molar-refractivity contribution in [2.75, 3.05) is 19.8 Å². The zero-order valence-electron chi connectivity index (χ0n) is 15.5. The summed E-state index contributed by atoms with van der Waals surface area (Å²) in [6.07, 6.45) is 3.95. The molecule has 2 aromatic carbocycles. The second kappa shape index (κ2) is 11.0. The van der Waals surface area contributed by atoms with Crippen LogP contribution in [0.15, 0.2) is 52.1 Å². The number of hydrogen-bond donors (Lipinski definition) is 0. The largest absolute Gasteiger partial charge is 0.493 e. The second-order valence-electron chi connectivity index (χ2n) is 6.27. The molecule has 0 heterocycles. The second-order valence-corrected chi connectivity index (χ2v) is 8.15. The highest BCUT2D eigenvalue weighted by Crippen LogP contribution is 2.31. The van der Waals surface area contributed by atoms with Gasteiger partial charge >= 0.3 is 0 Å². The maximum atomic E-state index is 5.95. The van der Waals surface area contributed by atoms with Crippen LogP contribution in [0.1, 0.15) is 24.0 Å². The number of rotatable bonds is 9. The van der Waals surface area contributed by atoms with Gasteiger partial charge in [-0.05, 0) is 43.2 Å². The van der Waals surface area contributed by atoms with Gasteiger partial charge in [-0.3, -0.25) is 0 Å². The number of hydrogen-bond acceptors (Lipinski definition) is 4. The molecular weight excluding hydrogens is 456 g/mol. The van der Waals surface area contributed by atoms with Gasteiger partial charge in [0.25, 0.3) is 0 Å². The first-order chi connectivity index (χ1) is 14.0. The van der Waals surface area contributed by atoms with Gasteiger partial charge < -0.3 is 14.3 Å². The van der Waals surface area contributed by atoms with Crippen molar-refractivity contribution in [2.24, 2.45) is 5.16 Å². The van der Waals surface area contributed by atoms with Crippen molar-refractivity contribution in [3.8, 4) is 11.5 Å². The molecule has 0 saturated heterocycles. The Hall–Kier alpha value is -1.59. The molecule has 0 N–H and O–H groups in total. The lowest BCUT2D eigenvalue weighted by Crippen LogP contribution is -2.03. The molecule has 0 atom stereocenters. The average Bonchev–Trinajstić information content (AvgIpc) is 3.07. The Bertz CT molecular complexity index is 891. The summed E-state index contributed by atoms with van der Waals surface area (Å²) in [5.74, 6) is 1.45. The molecule has 0 saturated carbocycles. The zero-order valence-corrected chi connectivity index (χ0v) is 18.5. The van der Waals surface area contributed by atoms with Gasteiger partial charge in [-0.25, -0.2) is 0 Å². The van der Waals surface area contributed by atoms with Gasteiger partial charge in [0.05, 0.1) is 12.3 Å². The molecule has 3 rings (SSSR count). The summed E-state index contributed by atoms with van der Waals surface area (Å²) in [4.78, 5) is 5.48. The fourth-order valence-electron chi connectivity index (χ4n) is 2.95. The smallest absolute Gasteiger partial charge is 0.123 e. The van der Waals surface area contributed by atoms with Crippen molar-refractivity contribution in [2.45, 2.75) is 19.3 Å². The van der Waals surface area contributed by atoms with E-state index in [0.717, 1.165) is 35.4 Å². The zero-order chi connectivity index (χ0) is 20.6. The third kappa shape index (κ3) is 6.71. The Morgan fingerprint density at radius 3 is 2.55 bits per heavy atom. The first-order valence-electron chi connectivity index (χ1n) is 9.07. The van der Waals surface area contributed by atoms with Crippen LogP contribution in [0.2, 0.25) is 10.0 Å². The van der Waals surface area contributed by atoms with E-state index >= 15 is 0 Å². The van der Waals surface area contributed by atoms with Crippen molar-refractivity contribution in [3.63, 3.8) is 0 Å². The molecule has 0 bridgehead atoms. The van der Waals surface area contributed by atoms with Gasteiger partial charge in [0.15, 0.2) is 0 Å². The molecule has 0 spiro atoms. The van der Waals surface area contributed by atoms with Crippen LogP contribution in [0.4, 0.5) is 0 Å². The SMILES string of the molecule is ClC(Cl)=CCOc1cccc2c1CC/C2=N\OCCCOc1cc(Cl)cc(Cl)c1. The van der Waals surface area contributed by atoms with E-state index in [0.29, 0.717) is 42.0 Å². The molecule has 1 aliphatic carbocycles. The summed E-state index contributed by atoms with van der Waals surface area (Å²) in [5, 5.41) is 5.38. The van der Waals surface area contributed by atoms with Crippen LogP contribution in [0.25, 0.3) is 0 Å². The Morgan fingerprint density at radius 2 is 1.79 bits per heavy atom. The topological polar surface area (TPSA) is 40.0 Å². The van der Waals surface area contributed by atoms with Gasteiger partial charge in [-0.2, -0.15) is 0 Å². The molecular formula is C21H19Cl4NO3. The predicted octanol–water partition coefficient (Wildman–Crippen LogP) is 6.83. The molecule has 2 aromatic rings. The third-order valence-electron chi connectivity index (χ3n) is 4.19. The number of nitrogens with zero attached hydrogens (tertiary/aromatic N) is 1. The minimum atomic E-state index is 0.190. The lowest BCUT2D eigenvalue weighted by atomic mass is 10.1.